The summed E-state index contributed by atoms with van der Waals surface area (Å²) in [7, 11) is 0. The summed E-state index contributed by atoms with van der Waals surface area (Å²) in [4.78, 5) is 2.46. The van der Waals surface area contributed by atoms with E-state index in [0.717, 1.165) is 16.7 Å². The van der Waals surface area contributed by atoms with E-state index in [9.17, 15) is 0 Å². The molecule has 2 heteroatoms. The van der Waals surface area contributed by atoms with Crippen molar-refractivity contribution in [3.8, 4) is 0 Å². The zero-order valence-corrected chi connectivity index (χ0v) is 18.2. The molecule has 0 aliphatic heterocycles. The van der Waals surface area contributed by atoms with Crippen molar-refractivity contribution in [1.29, 1.82) is 0 Å². The van der Waals surface area contributed by atoms with Crippen LogP contribution in [0.5, 0.6) is 0 Å². The van der Waals surface area contributed by atoms with E-state index in [-0.39, 0.29) is 0 Å². The Morgan fingerprint density at radius 2 is 1.03 bits per heavy atom. The van der Waals surface area contributed by atoms with Gasteiger partial charge in [-0.25, -0.2) is 0 Å². The Hall–Kier alpha value is -2.81. The molecule has 0 spiro atoms. The first kappa shape index (κ1) is 20.5. The monoisotopic (exact) mass is 410 g/mol. The Morgan fingerprint density at radius 3 is 1.50 bits per heavy atom. The molecular weight excluding hydrogens is 384 g/mol. The number of hydrogen-bond donors (Lipinski definition) is 0. The first-order valence-corrected chi connectivity index (χ1v) is 11.1. The smallest absolute Gasteiger partial charge is 0.143 e. The lowest BCUT2D eigenvalue weighted by molar-refractivity contribution is 0.0215. The normalized spacial score (nSPS) is 11.4. The fraction of sp³-hybridized carbons (Fsp3) is 0.143. The number of ether oxygens (including phenoxy) is 1. The molecule has 0 saturated heterocycles. The summed E-state index contributed by atoms with van der Waals surface area (Å²) in [5.74, 6) is 0. The second-order valence-electron chi connectivity index (χ2n) is 7.29. The molecule has 150 valence electrons. The zero-order chi connectivity index (χ0) is 20.8. The summed E-state index contributed by atoms with van der Waals surface area (Å²) in [5.41, 5.74) is 4.05. The van der Waals surface area contributed by atoms with Crippen LogP contribution in [0.15, 0.2) is 119 Å². The van der Waals surface area contributed by atoms with Crippen LogP contribution in [0, 0.1) is 6.92 Å². The average Bonchev–Trinajstić information content (AvgIpc) is 2.81. The van der Waals surface area contributed by atoms with Crippen molar-refractivity contribution < 1.29 is 4.74 Å². The van der Waals surface area contributed by atoms with E-state index in [2.05, 4.69) is 111 Å². The summed E-state index contributed by atoms with van der Waals surface area (Å²) >= 11 is 1.78. The fourth-order valence-corrected chi connectivity index (χ4v) is 4.63. The highest BCUT2D eigenvalue weighted by atomic mass is 32.2. The number of hydrogen-bond acceptors (Lipinski definition) is 2. The Bertz CT molecular complexity index is 1020. The van der Waals surface area contributed by atoms with Crippen molar-refractivity contribution in [3.05, 3.63) is 131 Å². The quantitative estimate of drug-likeness (QED) is 0.292. The Morgan fingerprint density at radius 1 is 0.600 bits per heavy atom. The summed E-state index contributed by atoms with van der Waals surface area (Å²) in [6.07, 6.45) is 0. The molecular formula is C28H26OS. The van der Waals surface area contributed by atoms with Gasteiger partial charge in [0.15, 0.2) is 0 Å². The van der Waals surface area contributed by atoms with Gasteiger partial charge in [-0.15, -0.1) is 0 Å². The summed E-state index contributed by atoms with van der Waals surface area (Å²) in [5, 5.41) is 0. The highest BCUT2D eigenvalue weighted by molar-refractivity contribution is 7.99. The van der Waals surface area contributed by atoms with E-state index in [4.69, 9.17) is 4.74 Å². The molecule has 0 bridgehead atoms. The molecule has 0 aliphatic rings. The van der Waals surface area contributed by atoms with E-state index in [1.165, 1.54) is 15.4 Å². The minimum Gasteiger partial charge on any atom is -0.361 e. The van der Waals surface area contributed by atoms with Gasteiger partial charge in [0.1, 0.15) is 5.60 Å². The van der Waals surface area contributed by atoms with Gasteiger partial charge in [0.25, 0.3) is 0 Å². The Labute approximate surface area is 183 Å². The molecule has 0 heterocycles. The average molecular weight is 411 g/mol. The van der Waals surface area contributed by atoms with Crippen LogP contribution in [-0.2, 0) is 10.3 Å². The standard InChI is InChI=1S/C28H26OS/c1-3-29-28(23-10-6-4-7-11-23,24-12-8-5-9-13-24)25-16-20-27(21-17-25)30-26-18-14-22(2)15-19-26/h4-21H,3H2,1-2H3. The molecule has 0 aliphatic carbocycles. The zero-order valence-electron chi connectivity index (χ0n) is 17.4. The number of aryl methyl sites for hydroxylation is 1. The molecule has 4 rings (SSSR count). The maximum atomic E-state index is 6.55. The van der Waals surface area contributed by atoms with Crippen molar-refractivity contribution >= 4 is 11.8 Å². The second-order valence-corrected chi connectivity index (χ2v) is 8.43. The molecule has 0 saturated carbocycles. The Kier molecular flexibility index (Phi) is 6.37. The topological polar surface area (TPSA) is 9.23 Å². The molecule has 4 aromatic carbocycles. The van der Waals surface area contributed by atoms with Gasteiger partial charge in [0.2, 0.25) is 0 Å². The second kappa shape index (κ2) is 9.34. The van der Waals surface area contributed by atoms with Gasteiger partial charge in [0.05, 0.1) is 0 Å². The molecule has 0 amide bonds. The van der Waals surface area contributed by atoms with Crippen molar-refractivity contribution in [2.45, 2.75) is 29.2 Å². The van der Waals surface area contributed by atoms with Gasteiger partial charge >= 0.3 is 0 Å². The highest BCUT2D eigenvalue weighted by Crippen LogP contribution is 2.41. The van der Waals surface area contributed by atoms with Gasteiger partial charge in [0, 0.05) is 16.4 Å². The van der Waals surface area contributed by atoms with Crippen molar-refractivity contribution in [1.82, 2.24) is 0 Å². The van der Waals surface area contributed by atoms with E-state index in [0.29, 0.717) is 6.61 Å². The first-order chi connectivity index (χ1) is 14.7. The number of benzene rings is 4. The predicted molar refractivity (Wildman–Crippen MR) is 126 cm³/mol. The lowest BCUT2D eigenvalue weighted by Crippen LogP contribution is -2.32. The lowest BCUT2D eigenvalue weighted by Gasteiger charge is -2.35. The minimum atomic E-state index is -0.635. The maximum absolute atomic E-state index is 6.55. The molecule has 0 aromatic heterocycles. The Balaban J connectivity index is 1.76. The lowest BCUT2D eigenvalue weighted by atomic mass is 9.80. The minimum absolute atomic E-state index is 0.615. The molecule has 0 fully saturated rings. The SMILES string of the molecule is CCOC(c1ccccc1)(c1ccccc1)c1ccc(Sc2ccc(C)cc2)cc1. The van der Waals surface area contributed by atoms with Gasteiger partial charge < -0.3 is 4.74 Å². The third-order valence-corrected chi connectivity index (χ3v) is 6.25. The van der Waals surface area contributed by atoms with Crippen molar-refractivity contribution in [2.24, 2.45) is 0 Å². The van der Waals surface area contributed by atoms with Crippen LogP contribution in [0.2, 0.25) is 0 Å². The largest absolute Gasteiger partial charge is 0.361 e. The predicted octanol–water partition coefficient (Wildman–Crippen LogP) is 7.47. The molecule has 0 atom stereocenters. The molecule has 30 heavy (non-hydrogen) atoms. The summed E-state index contributed by atoms with van der Waals surface area (Å²) in [6.45, 7) is 4.79. The van der Waals surface area contributed by atoms with Crippen LogP contribution in [0.4, 0.5) is 0 Å². The van der Waals surface area contributed by atoms with Gasteiger partial charge in [-0.2, -0.15) is 0 Å². The van der Waals surface area contributed by atoms with Gasteiger partial charge in [-0.05, 0) is 54.8 Å². The van der Waals surface area contributed by atoms with Crippen LogP contribution in [-0.4, -0.2) is 6.61 Å². The third-order valence-electron chi connectivity index (χ3n) is 5.24. The van der Waals surface area contributed by atoms with E-state index >= 15 is 0 Å². The van der Waals surface area contributed by atoms with Crippen molar-refractivity contribution in [3.63, 3.8) is 0 Å². The summed E-state index contributed by atoms with van der Waals surface area (Å²) in [6, 6.07) is 38.4. The molecule has 1 nitrogen and oxygen atoms in total. The van der Waals surface area contributed by atoms with Crippen LogP contribution < -0.4 is 0 Å². The van der Waals surface area contributed by atoms with Crippen LogP contribution in [0.3, 0.4) is 0 Å². The van der Waals surface area contributed by atoms with E-state index < -0.39 is 5.60 Å². The van der Waals surface area contributed by atoms with Crippen LogP contribution in [0.25, 0.3) is 0 Å². The first-order valence-electron chi connectivity index (χ1n) is 10.3. The highest BCUT2D eigenvalue weighted by Gasteiger charge is 2.37. The number of rotatable bonds is 7. The van der Waals surface area contributed by atoms with Crippen molar-refractivity contribution in [2.75, 3.05) is 6.61 Å². The van der Waals surface area contributed by atoms with E-state index in [1.807, 2.05) is 12.1 Å². The third kappa shape index (κ3) is 4.21. The fourth-order valence-electron chi connectivity index (χ4n) is 3.81. The molecule has 0 unspecified atom stereocenters. The maximum Gasteiger partial charge on any atom is 0.143 e. The van der Waals surface area contributed by atoms with Crippen LogP contribution >= 0.6 is 11.8 Å². The summed E-state index contributed by atoms with van der Waals surface area (Å²) < 4.78 is 6.55. The van der Waals surface area contributed by atoms with Gasteiger partial charge in [-0.3, -0.25) is 0 Å². The molecule has 4 aromatic rings. The molecule has 0 radical (unpaired) electrons. The molecule has 0 N–H and O–H groups in total. The van der Waals surface area contributed by atoms with Crippen LogP contribution in [0.1, 0.15) is 29.2 Å². The van der Waals surface area contributed by atoms with E-state index in [1.54, 1.807) is 11.8 Å². The van der Waals surface area contributed by atoms with Gasteiger partial charge in [-0.1, -0.05) is 102 Å².